The van der Waals surface area contributed by atoms with E-state index in [-0.39, 0.29) is 27.7 Å². The highest BCUT2D eigenvalue weighted by atomic mass is 79.9. The molecule has 132 valence electrons. The maximum Gasteiger partial charge on any atom is 0.261 e. The van der Waals surface area contributed by atoms with Crippen molar-refractivity contribution in [2.75, 3.05) is 11.3 Å². The number of nitrogens with one attached hydrogen (secondary N) is 2. The average Bonchev–Trinajstić information content (AvgIpc) is 2.54. The van der Waals surface area contributed by atoms with Crippen molar-refractivity contribution < 1.29 is 17.6 Å². The topological polar surface area (TPSA) is 75.3 Å². The Hall–Kier alpha value is -1.90. The molecule has 0 spiro atoms. The van der Waals surface area contributed by atoms with Gasteiger partial charge in [-0.25, -0.2) is 12.8 Å². The van der Waals surface area contributed by atoms with E-state index < -0.39 is 21.7 Å². The molecule has 2 aromatic carbocycles. The third-order valence-electron chi connectivity index (χ3n) is 3.04. The van der Waals surface area contributed by atoms with Gasteiger partial charge in [0.1, 0.15) is 5.82 Å². The van der Waals surface area contributed by atoms with Crippen LogP contribution in [-0.2, 0) is 10.0 Å². The monoisotopic (exact) mass is 446 g/mol. The fourth-order valence-corrected chi connectivity index (χ4v) is 3.27. The van der Waals surface area contributed by atoms with Gasteiger partial charge in [0.2, 0.25) is 0 Å². The maximum absolute atomic E-state index is 12.9. The minimum Gasteiger partial charge on any atom is -0.347 e. The first-order valence-electron chi connectivity index (χ1n) is 6.88. The van der Waals surface area contributed by atoms with E-state index >= 15 is 0 Å². The Morgan fingerprint density at radius 3 is 2.44 bits per heavy atom. The van der Waals surface area contributed by atoms with Crippen LogP contribution < -0.4 is 10.0 Å². The number of sulfonamides is 1. The first-order chi connectivity index (χ1) is 11.7. The molecule has 0 bridgehead atoms. The molecule has 0 aliphatic rings. The summed E-state index contributed by atoms with van der Waals surface area (Å²) in [5.74, 6) is -0.969. The van der Waals surface area contributed by atoms with Crippen LogP contribution in [0.25, 0.3) is 0 Å². The zero-order valence-corrected chi connectivity index (χ0v) is 15.9. The van der Waals surface area contributed by atoms with Gasteiger partial charge in [-0.1, -0.05) is 34.1 Å². The van der Waals surface area contributed by atoms with Crippen LogP contribution in [0.2, 0.25) is 5.02 Å². The molecule has 2 N–H and O–H groups in total. The van der Waals surface area contributed by atoms with Crippen molar-refractivity contribution in [2.45, 2.75) is 4.90 Å². The number of amides is 1. The Kier molecular flexibility index (Phi) is 6.21. The molecular weight excluding hydrogens is 435 g/mol. The van der Waals surface area contributed by atoms with Gasteiger partial charge in [0.15, 0.2) is 0 Å². The number of benzene rings is 2. The van der Waals surface area contributed by atoms with E-state index in [1.54, 1.807) is 0 Å². The molecule has 9 heteroatoms. The van der Waals surface area contributed by atoms with Gasteiger partial charge >= 0.3 is 0 Å². The zero-order chi connectivity index (χ0) is 18.6. The van der Waals surface area contributed by atoms with E-state index in [4.69, 9.17) is 11.6 Å². The van der Waals surface area contributed by atoms with Gasteiger partial charge in [-0.3, -0.25) is 9.52 Å². The molecule has 5 nitrogen and oxygen atoms in total. The highest BCUT2D eigenvalue weighted by Crippen LogP contribution is 2.26. The maximum atomic E-state index is 12.9. The van der Waals surface area contributed by atoms with Crippen LogP contribution in [0.1, 0.15) is 10.4 Å². The molecule has 25 heavy (non-hydrogen) atoms. The summed E-state index contributed by atoms with van der Waals surface area (Å²) in [7, 11) is -3.98. The summed E-state index contributed by atoms with van der Waals surface area (Å²) in [4.78, 5) is 11.9. The Morgan fingerprint density at radius 2 is 1.84 bits per heavy atom. The number of hydrogen-bond donors (Lipinski definition) is 2. The van der Waals surface area contributed by atoms with Gasteiger partial charge in [0.05, 0.1) is 15.6 Å². The van der Waals surface area contributed by atoms with Crippen molar-refractivity contribution in [3.05, 3.63) is 69.9 Å². The molecule has 0 saturated heterocycles. The molecule has 1 amide bonds. The van der Waals surface area contributed by atoms with Crippen molar-refractivity contribution in [3.63, 3.8) is 0 Å². The van der Waals surface area contributed by atoms with Crippen molar-refractivity contribution in [3.8, 4) is 0 Å². The summed E-state index contributed by atoms with van der Waals surface area (Å²) in [6.07, 6.45) is 0. The molecule has 2 rings (SSSR count). The lowest BCUT2D eigenvalue weighted by molar-refractivity contribution is 0.0958. The van der Waals surface area contributed by atoms with E-state index in [9.17, 15) is 17.6 Å². The van der Waals surface area contributed by atoms with E-state index in [2.05, 4.69) is 32.5 Å². The van der Waals surface area contributed by atoms with Crippen LogP contribution in [0.3, 0.4) is 0 Å². The van der Waals surface area contributed by atoms with Crippen LogP contribution in [0.4, 0.5) is 10.1 Å². The molecule has 2 aromatic rings. The first kappa shape index (κ1) is 19.4. The van der Waals surface area contributed by atoms with E-state index in [0.717, 1.165) is 24.3 Å². The number of carbonyl (C=O) groups excluding carboxylic acids is 1. The minimum absolute atomic E-state index is 0.0383. The van der Waals surface area contributed by atoms with Gasteiger partial charge in [-0.15, -0.1) is 0 Å². The summed E-state index contributed by atoms with van der Waals surface area (Å²) in [5.41, 5.74) is 0.256. The Bertz CT molecular complexity index is 917. The van der Waals surface area contributed by atoms with Crippen LogP contribution in [-0.4, -0.2) is 20.9 Å². The SMILES string of the molecule is C=C(Br)CNC(=O)c1ccc(Cl)c(NS(=O)(=O)c2ccc(F)cc2)c1. The van der Waals surface area contributed by atoms with Crippen LogP contribution in [0, 0.1) is 5.82 Å². The molecule has 0 aliphatic carbocycles. The lowest BCUT2D eigenvalue weighted by atomic mass is 10.2. The van der Waals surface area contributed by atoms with Crippen LogP contribution in [0.5, 0.6) is 0 Å². The van der Waals surface area contributed by atoms with Crippen LogP contribution >= 0.6 is 27.5 Å². The molecule has 0 unspecified atom stereocenters. The number of rotatable bonds is 6. The summed E-state index contributed by atoms with van der Waals surface area (Å²) in [5, 5.41) is 2.72. The standard InChI is InChI=1S/C16H13BrClFN2O3S/c1-10(17)9-20-16(22)11-2-7-14(18)15(8-11)21-25(23,24)13-5-3-12(19)4-6-13/h2-8,21H,1,9H2,(H,20,22). The second-order valence-electron chi connectivity index (χ2n) is 4.95. The molecule has 0 atom stereocenters. The van der Waals surface area contributed by atoms with Gasteiger partial charge < -0.3 is 5.32 Å². The van der Waals surface area contributed by atoms with Crippen molar-refractivity contribution >= 4 is 49.1 Å². The Balaban J connectivity index is 2.27. The molecular formula is C16H13BrClFN2O3S. The molecule has 0 aliphatic heterocycles. The van der Waals surface area contributed by atoms with Crippen molar-refractivity contribution in [1.29, 1.82) is 0 Å². The second-order valence-corrected chi connectivity index (χ2v) is 8.17. The molecule has 0 aromatic heterocycles. The fourth-order valence-electron chi connectivity index (χ4n) is 1.84. The lowest BCUT2D eigenvalue weighted by Crippen LogP contribution is -2.24. The Labute approximate surface area is 158 Å². The van der Waals surface area contributed by atoms with Gasteiger partial charge in [0.25, 0.3) is 15.9 Å². The summed E-state index contributed by atoms with van der Waals surface area (Å²) in [6, 6.07) is 8.51. The summed E-state index contributed by atoms with van der Waals surface area (Å²) >= 11 is 9.13. The normalized spacial score (nSPS) is 11.0. The summed E-state index contributed by atoms with van der Waals surface area (Å²) < 4.78 is 40.5. The summed E-state index contributed by atoms with van der Waals surface area (Å²) in [6.45, 7) is 3.82. The Morgan fingerprint density at radius 1 is 1.20 bits per heavy atom. The van der Waals surface area contributed by atoms with Gasteiger partial charge in [-0.05, 0) is 42.5 Å². The largest absolute Gasteiger partial charge is 0.347 e. The molecule has 0 radical (unpaired) electrons. The second kappa shape index (κ2) is 7.99. The van der Waals surface area contributed by atoms with Gasteiger partial charge in [-0.2, -0.15) is 0 Å². The van der Waals surface area contributed by atoms with E-state index in [1.807, 2.05) is 0 Å². The minimum atomic E-state index is -3.98. The fraction of sp³-hybridized carbons (Fsp3) is 0.0625. The zero-order valence-electron chi connectivity index (χ0n) is 12.7. The predicted molar refractivity (Wildman–Crippen MR) is 99.1 cm³/mol. The number of carbonyl (C=O) groups is 1. The quantitative estimate of drug-likeness (QED) is 0.705. The highest BCUT2D eigenvalue weighted by molar-refractivity contribution is 9.11. The van der Waals surface area contributed by atoms with Crippen molar-refractivity contribution in [1.82, 2.24) is 5.32 Å². The first-order valence-corrected chi connectivity index (χ1v) is 9.54. The van der Waals surface area contributed by atoms with Crippen LogP contribution in [0.15, 0.2) is 58.4 Å². The molecule has 0 fully saturated rings. The average molecular weight is 448 g/mol. The van der Waals surface area contributed by atoms with E-state index in [1.165, 1.54) is 18.2 Å². The third-order valence-corrected chi connectivity index (χ3v) is 5.03. The highest BCUT2D eigenvalue weighted by Gasteiger charge is 2.17. The lowest BCUT2D eigenvalue weighted by Gasteiger charge is -2.11. The third kappa shape index (κ3) is 5.29. The molecule has 0 saturated carbocycles. The number of halogens is 3. The predicted octanol–water partition coefficient (Wildman–Crippen LogP) is 3.92. The smallest absolute Gasteiger partial charge is 0.261 e. The number of hydrogen-bond acceptors (Lipinski definition) is 3. The molecule has 0 heterocycles. The number of anilines is 1. The van der Waals surface area contributed by atoms with E-state index in [0.29, 0.717) is 4.48 Å². The van der Waals surface area contributed by atoms with Crippen molar-refractivity contribution in [2.24, 2.45) is 0 Å². The van der Waals surface area contributed by atoms with Gasteiger partial charge in [0, 0.05) is 16.6 Å².